The van der Waals surface area contributed by atoms with Crippen LogP contribution in [-0.2, 0) is 40.0 Å². The summed E-state index contributed by atoms with van der Waals surface area (Å²) in [5.41, 5.74) is 7.81. The number of nitrogens with two attached hydrogens (primary N) is 1. The zero-order valence-electron chi connectivity index (χ0n) is 52.0. The van der Waals surface area contributed by atoms with Crippen LogP contribution in [-0.4, -0.2) is 47.0 Å². The molecule has 0 amide bonds. The van der Waals surface area contributed by atoms with Gasteiger partial charge >= 0.3 is 0 Å². The second kappa shape index (κ2) is 58.1. The summed E-state index contributed by atoms with van der Waals surface area (Å²) in [7, 11) is 0. The molecule has 0 bridgehead atoms. The zero-order chi connectivity index (χ0) is 57.7. The van der Waals surface area contributed by atoms with Gasteiger partial charge in [0.1, 0.15) is 40.5 Å². The van der Waals surface area contributed by atoms with Gasteiger partial charge in [0.25, 0.3) is 0 Å². The average Bonchev–Trinajstić information content (AvgIpc) is 3.33. The van der Waals surface area contributed by atoms with Crippen molar-refractivity contribution in [3.63, 3.8) is 0 Å². The molecule has 0 saturated heterocycles. The highest BCUT2D eigenvalue weighted by atomic mass is 16.1. The third-order valence-electron chi connectivity index (χ3n) is 13.8. The number of aryl methyl sites for hydroxylation is 1. The third-order valence-corrected chi connectivity index (χ3v) is 13.8. The van der Waals surface area contributed by atoms with Gasteiger partial charge < -0.3 is 5.73 Å². The lowest BCUT2D eigenvalue weighted by molar-refractivity contribution is -0.121. The van der Waals surface area contributed by atoms with Gasteiger partial charge in [-0.15, -0.1) is 0 Å². The number of hydrogen-bond acceptors (Lipinski definition) is 8. The van der Waals surface area contributed by atoms with Crippen LogP contribution < -0.4 is 5.73 Å². The van der Waals surface area contributed by atoms with Crippen LogP contribution in [0.5, 0.6) is 0 Å². The van der Waals surface area contributed by atoms with E-state index in [-0.39, 0.29) is 53.0 Å². The molecule has 1 aromatic carbocycles. The average molecular weight is 1030 g/mol. The molecule has 0 aliphatic rings. The van der Waals surface area contributed by atoms with Gasteiger partial charge in [0, 0.05) is 41.4 Å². The Morgan fingerprint density at radius 2 is 0.521 bits per heavy atom. The number of unbranched alkanes of at least 4 members (excludes halogenated alkanes) is 11. The molecular formula is C65H123NO7. The van der Waals surface area contributed by atoms with Crippen LogP contribution in [0.2, 0.25) is 0 Å². The minimum atomic E-state index is 0.141. The molecule has 0 aromatic heterocycles. The summed E-state index contributed by atoms with van der Waals surface area (Å²) in [6, 6.07) is 8.36. The largest absolute Gasteiger partial charge is 0.330 e. The fourth-order valence-corrected chi connectivity index (χ4v) is 6.54. The van der Waals surface area contributed by atoms with Crippen molar-refractivity contribution in [2.45, 2.75) is 293 Å². The van der Waals surface area contributed by atoms with Crippen molar-refractivity contribution in [3.05, 3.63) is 35.4 Å². The van der Waals surface area contributed by atoms with Gasteiger partial charge in [0.05, 0.1) is 0 Å². The standard InChI is InChI=1S/C12H16O.5C9H18O.C8H17NO/c1-9-4-6-12(7-5-9)8-10(2)11(3)13;5*1-4-5-6-7-8(2)9(3)10;1-7(8(2)10)5-3-4-6-9/h4-7,10H,8H2,1-3H3;5*8H,4-7H2,1-3H3;7H,3-6,9H2,1-2H3/t10-;5*8-;7-/m1111111/s1. The highest BCUT2D eigenvalue weighted by Crippen LogP contribution is 2.14. The van der Waals surface area contributed by atoms with Crippen molar-refractivity contribution >= 4 is 40.5 Å². The van der Waals surface area contributed by atoms with Crippen LogP contribution in [0.25, 0.3) is 0 Å². The summed E-state index contributed by atoms with van der Waals surface area (Å²) in [4.78, 5) is 75.4. The topological polar surface area (TPSA) is 146 Å². The first-order valence-corrected chi connectivity index (χ1v) is 29.5. The maximum Gasteiger partial charge on any atom is 0.132 e. The van der Waals surface area contributed by atoms with Gasteiger partial charge in [-0.2, -0.15) is 0 Å². The molecule has 0 radical (unpaired) electrons. The molecule has 0 fully saturated rings. The van der Waals surface area contributed by atoms with E-state index >= 15 is 0 Å². The molecule has 1 aromatic rings. The van der Waals surface area contributed by atoms with E-state index in [1.807, 2.05) is 48.5 Å². The summed E-state index contributed by atoms with van der Waals surface area (Å²) in [5.74, 6) is 3.99. The third kappa shape index (κ3) is 64.9. The van der Waals surface area contributed by atoms with E-state index in [1.54, 1.807) is 48.5 Å². The van der Waals surface area contributed by atoms with E-state index in [0.29, 0.717) is 28.9 Å². The van der Waals surface area contributed by atoms with E-state index in [2.05, 4.69) is 65.8 Å². The van der Waals surface area contributed by atoms with Gasteiger partial charge in [0.2, 0.25) is 0 Å². The van der Waals surface area contributed by atoms with Crippen LogP contribution >= 0.6 is 0 Å². The zero-order valence-corrected chi connectivity index (χ0v) is 52.0. The number of hydrogen-bond donors (Lipinski definition) is 1. The first kappa shape index (κ1) is 81.2. The predicted molar refractivity (Wildman–Crippen MR) is 317 cm³/mol. The number of rotatable bonds is 33. The molecule has 0 unspecified atom stereocenters. The molecule has 1 rings (SSSR count). The smallest absolute Gasteiger partial charge is 0.132 e. The van der Waals surface area contributed by atoms with Crippen LogP contribution in [0, 0.1) is 48.3 Å². The Kier molecular flexibility index (Phi) is 64.7. The molecule has 2 N–H and O–H groups in total. The van der Waals surface area contributed by atoms with E-state index in [9.17, 15) is 33.6 Å². The highest BCUT2D eigenvalue weighted by molar-refractivity contribution is 5.80. The summed E-state index contributed by atoms with van der Waals surface area (Å²) in [6.45, 7) is 39.4. The maximum atomic E-state index is 11.0. The second-order valence-corrected chi connectivity index (χ2v) is 21.5. The Balaban J connectivity index is -0.000000180. The van der Waals surface area contributed by atoms with Crippen molar-refractivity contribution in [3.8, 4) is 0 Å². The summed E-state index contributed by atoms with van der Waals surface area (Å²) in [6.07, 6.45) is 27.9. The fraction of sp³-hybridized carbons (Fsp3) is 0.800. The quantitative estimate of drug-likeness (QED) is 0.0685. The lowest BCUT2D eigenvalue weighted by atomic mass is 9.97. The molecule has 8 nitrogen and oxygen atoms in total. The van der Waals surface area contributed by atoms with Crippen LogP contribution in [0.4, 0.5) is 0 Å². The molecule has 7 atom stereocenters. The molecular weight excluding hydrogens is 907 g/mol. The minimum absolute atomic E-state index is 0.141. The molecule has 430 valence electrons. The molecule has 8 heteroatoms. The van der Waals surface area contributed by atoms with Gasteiger partial charge in [0.15, 0.2) is 0 Å². The number of carbonyl (C=O) groups excluding carboxylic acids is 7. The lowest BCUT2D eigenvalue weighted by Crippen LogP contribution is -2.09. The number of benzene rings is 1. The van der Waals surface area contributed by atoms with Gasteiger partial charge in [-0.1, -0.05) is 216 Å². The van der Waals surface area contributed by atoms with Gasteiger partial charge in [-0.05, 0) is 119 Å². The van der Waals surface area contributed by atoms with E-state index in [1.165, 1.54) is 107 Å². The number of ketones is 7. The molecule has 0 saturated carbocycles. The van der Waals surface area contributed by atoms with Crippen LogP contribution in [0.3, 0.4) is 0 Å². The molecule has 0 aliphatic carbocycles. The first-order valence-electron chi connectivity index (χ1n) is 29.5. The Morgan fingerprint density at radius 3 is 0.685 bits per heavy atom. The SMILES string of the molecule is CC(=O)[C@H](C)CCCCN.CC(=O)[C@H](C)Cc1ccc(C)cc1.CCCCC[C@@H](C)C(C)=O.CCCCC[C@@H](C)C(C)=O.CCCCC[C@@H](C)C(C)=O.CCCCC[C@@H](C)C(C)=O.CCCCC[C@@H](C)C(C)=O. The number of Topliss-reactive ketones (excluding diaryl/α,β-unsaturated/α-hetero) is 7. The highest BCUT2D eigenvalue weighted by Gasteiger charge is 2.10. The Morgan fingerprint density at radius 1 is 0.329 bits per heavy atom. The van der Waals surface area contributed by atoms with E-state index < -0.39 is 0 Å². The molecule has 0 aliphatic heterocycles. The predicted octanol–water partition coefficient (Wildman–Crippen LogP) is 18.1. The molecule has 73 heavy (non-hydrogen) atoms. The lowest BCUT2D eigenvalue weighted by Gasteiger charge is -2.07. The second-order valence-electron chi connectivity index (χ2n) is 21.5. The summed E-state index contributed by atoms with van der Waals surface area (Å²) >= 11 is 0. The molecule has 0 spiro atoms. The minimum Gasteiger partial charge on any atom is -0.330 e. The summed E-state index contributed by atoms with van der Waals surface area (Å²) in [5, 5.41) is 0. The van der Waals surface area contributed by atoms with Crippen molar-refractivity contribution < 1.29 is 33.6 Å². The summed E-state index contributed by atoms with van der Waals surface area (Å²) < 4.78 is 0. The van der Waals surface area contributed by atoms with Crippen LogP contribution in [0.15, 0.2) is 24.3 Å². The van der Waals surface area contributed by atoms with E-state index in [0.717, 1.165) is 64.3 Å². The van der Waals surface area contributed by atoms with Crippen molar-refractivity contribution in [1.82, 2.24) is 0 Å². The Bertz CT molecular complexity index is 1270. The first-order chi connectivity index (χ1) is 34.2. The van der Waals surface area contributed by atoms with Gasteiger partial charge in [-0.25, -0.2) is 0 Å². The van der Waals surface area contributed by atoms with Gasteiger partial charge in [-0.3, -0.25) is 33.6 Å². The maximum absolute atomic E-state index is 11.0. The Hall–Kier alpha value is -3.13. The van der Waals surface area contributed by atoms with Crippen molar-refractivity contribution in [2.24, 2.45) is 47.2 Å². The van der Waals surface area contributed by atoms with Crippen molar-refractivity contribution in [1.29, 1.82) is 0 Å². The number of carbonyl (C=O) groups is 7. The fourth-order valence-electron chi connectivity index (χ4n) is 6.54. The monoisotopic (exact) mass is 1030 g/mol. The Labute approximate surface area is 453 Å². The molecule has 0 heterocycles. The van der Waals surface area contributed by atoms with Crippen LogP contribution in [0.1, 0.15) is 290 Å². The normalized spacial score (nSPS) is 13.0. The van der Waals surface area contributed by atoms with E-state index in [4.69, 9.17) is 5.73 Å². The van der Waals surface area contributed by atoms with Crippen molar-refractivity contribution in [2.75, 3.05) is 6.54 Å².